The first-order valence-electron chi connectivity index (χ1n) is 10.1. The van der Waals surface area contributed by atoms with Crippen LogP contribution in [0.4, 0.5) is 4.39 Å². The molecule has 0 aromatic heterocycles. The van der Waals surface area contributed by atoms with Gasteiger partial charge in [0.2, 0.25) is 5.91 Å². The summed E-state index contributed by atoms with van der Waals surface area (Å²) in [4.78, 5) is 17.0. The average molecular weight is 395 g/mol. The summed E-state index contributed by atoms with van der Waals surface area (Å²) in [5, 5.41) is 11.7. The summed E-state index contributed by atoms with van der Waals surface area (Å²) in [6, 6.07) is 4.45. The number of fused-ring (bicyclic) bond motifs is 1. The van der Waals surface area contributed by atoms with E-state index >= 15 is 0 Å². The Hall–Kier alpha value is -1.17. The van der Waals surface area contributed by atoms with Crippen LogP contribution in [0.15, 0.2) is 18.2 Å². The first-order valence-corrected chi connectivity index (χ1v) is 10.5. The van der Waals surface area contributed by atoms with Crippen LogP contribution in [-0.4, -0.2) is 52.6 Å². The molecule has 4 rings (SSSR count). The predicted molar refractivity (Wildman–Crippen MR) is 103 cm³/mol. The highest BCUT2D eigenvalue weighted by Crippen LogP contribution is 2.37. The van der Waals surface area contributed by atoms with Gasteiger partial charge in [-0.25, -0.2) is 4.39 Å². The van der Waals surface area contributed by atoms with Gasteiger partial charge in [0.25, 0.3) is 0 Å². The second-order valence-electron chi connectivity index (χ2n) is 8.54. The number of likely N-dealkylation sites (tertiary alicyclic amines) is 2. The highest BCUT2D eigenvalue weighted by Gasteiger charge is 2.46. The minimum atomic E-state index is -0.686. The molecule has 148 valence electrons. The van der Waals surface area contributed by atoms with Crippen LogP contribution < -0.4 is 0 Å². The highest BCUT2D eigenvalue weighted by molar-refractivity contribution is 6.31. The van der Waals surface area contributed by atoms with Crippen LogP contribution in [0.2, 0.25) is 5.02 Å². The number of benzene rings is 1. The largest absolute Gasteiger partial charge is 0.389 e. The topological polar surface area (TPSA) is 43.8 Å². The Morgan fingerprint density at radius 3 is 2.74 bits per heavy atom. The quantitative estimate of drug-likeness (QED) is 0.853. The number of carbonyl (C=O) groups excluding carboxylic acids is 1. The molecule has 0 radical (unpaired) electrons. The minimum Gasteiger partial charge on any atom is -0.389 e. The van der Waals surface area contributed by atoms with Gasteiger partial charge in [-0.2, -0.15) is 0 Å². The van der Waals surface area contributed by atoms with Gasteiger partial charge in [-0.3, -0.25) is 9.69 Å². The molecule has 1 aliphatic carbocycles. The normalized spacial score (nSPS) is 29.7. The number of hydrogen-bond donors (Lipinski definition) is 1. The van der Waals surface area contributed by atoms with Gasteiger partial charge in [0, 0.05) is 49.6 Å². The predicted octanol–water partition coefficient (Wildman–Crippen LogP) is 3.45. The van der Waals surface area contributed by atoms with Crippen molar-refractivity contribution < 1.29 is 14.3 Å². The molecule has 3 aliphatic rings. The van der Waals surface area contributed by atoms with Crippen molar-refractivity contribution in [1.29, 1.82) is 0 Å². The van der Waals surface area contributed by atoms with E-state index in [-0.39, 0.29) is 23.6 Å². The van der Waals surface area contributed by atoms with E-state index in [2.05, 4.69) is 4.90 Å². The molecule has 3 fully saturated rings. The van der Waals surface area contributed by atoms with Crippen LogP contribution in [0.1, 0.15) is 44.1 Å². The Labute approximate surface area is 165 Å². The Kier molecular flexibility index (Phi) is 5.45. The van der Waals surface area contributed by atoms with E-state index < -0.39 is 5.60 Å². The second-order valence-corrected chi connectivity index (χ2v) is 8.94. The molecule has 1 saturated carbocycles. The van der Waals surface area contributed by atoms with Crippen molar-refractivity contribution >= 4 is 17.5 Å². The Morgan fingerprint density at radius 2 is 1.96 bits per heavy atom. The number of amides is 1. The molecule has 6 heteroatoms. The minimum absolute atomic E-state index is 0.0395. The molecule has 2 atom stereocenters. The number of carbonyl (C=O) groups is 1. The van der Waals surface area contributed by atoms with Crippen molar-refractivity contribution in [3.8, 4) is 0 Å². The maximum Gasteiger partial charge on any atom is 0.225 e. The first kappa shape index (κ1) is 19.2. The molecule has 0 spiro atoms. The molecular formula is C21H28ClFN2O2. The zero-order chi connectivity index (χ0) is 19.0. The van der Waals surface area contributed by atoms with Gasteiger partial charge < -0.3 is 10.0 Å². The molecule has 1 amide bonds. The lowest BCUT2D eigenvalue weighted by Crippen LogP contribution is -2.60. The molecule has 0 unspecified atom stereocenters. The van der Waals surface area contributed by atoms with E-state index in [1.54, 1.807) is 6.07 Å². The molecule has 1 aromatic carbocycles. The van der Waals surface area contributed by atoms with Crippen molar-refractivity contribution in [2.45, 2.75) is 50.7 Å². The molecular weight excluding hydrogens is 367 g/mol. The monoisotopic (exact) mass is 394 g/mol. The van der Waals surface area contributed by atoms with E-state index in [4.69, 9.17) is 11.6 Å². The summed E-state index contributed by atoms with van der Waals surface area (Å²) in [6.45, 7) is 3.32. The Balaban J connectivity index is 1.42. The van der Waals surface area contributed by atoms with Gasteiger partial charge in [-0.15, -0.1) is 0 Å². The van der Waals surface area contributed by atoms with E-state index in [0.29, 0.717) is 44.0 Å². The smallest absolute Gasteiger partial charge is 0.225 e. The van der Waals surface area contributed by atoms with Gasteiger partial charge in [0.05, 0.1) is 5.60 Å². The highest BCUT2D eigenvalue weighted by atomic mass is 35.5. The van der Waals surface area contributed by atoms with E-state index in [1.165, 1.54) is 12.1 Å². The first-order chi connectivity index (χ1) is 12.9. The molecule has 0 bridgehead atoms. The molecule has 27 heavy (non-hydrogen) atoms. The van der Waals surface area contributed by atoms with Gasteiger partial charge in [0.1, 0.15) is 5.82 Å². The maximum atomic E-state index is 13.6. The molecule has 2 aliphatic heterocycles. The summed E-state index contributed by atoms with van der Waals surface area (Å²) >= 11 is 6.22. The molecule has 2 heterocycles. The van der Waals surface area contributed by atoms with E-state index in [1.807, 2.05) is 4.90 Å². The molecule has 1 aromatic rings. The molecule has 4 nitrogen and oxygen atoms in total. The molecule has 2 saturated heterocycles. The fourth-order valence-corrected chi connectivity index (χ4v) is 5.23. The lowest BCUT2D eigenvalue weighted by Gasteiger charge is -2.50. The van der Waals surface area contributed by atoms with E-state index in [0.717, 1.165) is 37.8 Å². The van der Waals surface area contributed by atoms with Crippen molar-refractivity contribution in [2.24, 2.45) is 11.8 Å². The fourth-order valence-electron chi connectivity index (χ4n) is 5.05. The van der Waals surface area contributed by atoms with Gasteiger partial charge in [0.15, 0.2) is 0 Å². The third kappa shape index (κ3) is 4.01. The Bertz CT molecular complexity index is 709. The van der Waals surface area contributed by atoms with Crippen LogP contribution in [0.3, 0.4) is 0 Å². The average Bonchev–Trinajstić information content (AvgIpc) is 3.19. The number of aliphatic hydroxyl groups is 1. The number of rotatable bonds is 3. The summed E-state index contributed by atoms with van der Waals surface area (Å²) in [7, 11) is 0. The van der Waals surface area contributed by atoms with Crippen LogP contribution in [0, 0.1) is 17.7 Å². The number of hydrogen-bond acceptors (Lipinski definition) is 3. The fraction of sp³-hybridized carbons (Fsp3) is 0.667. The van der Waals surface area contributed by atoms with Crippen molar-refractivity contribution in [1.82, 2.24) is 9.80 Å². The maximum absolute atomic E-state index is 13.6. The zero-order valence-corrected chi connectivity index (χ0v) is 16.4. The van der Waals surface area contributed by atoms with Crippen molar-refractivity contribution in [3.05, 3.63) is 34.6 Å². The third-order valence-corrected chi connectivity index (χ3v) is 7.14. The van der Waals surface area contributed by atoms with Crippen LogP contribution in [0.25, 0.3) is 0 Å². The van der Waals surface area contributed by atoms with Crippen LogP contribution in [0.5, 0.6) is 0 Å². The summed E-state index contributed by atoms with van der Waals surface area (Å²) in [5.41, 5.74) is 0.0890. The SMILES string of the molecule is O=C(C1CCCC1)N1CC[C@@]2(O)CCN(Cc3cc(F)ccc3Cl)C[C@H]2C1. The number of nitrogens with zero attached hydrogens (tertiary/aromatic N) is 2. The lowest BCUT2D eigenvalue weighted by molar-refractivity contribution is -0.150. The van der Waals surface area contributed by atoms with Crippen LogP contribution in [-0.2, 0) is 11.3 Å². The number of halogens is 2. The van der Waals surface area contributed by atoms with E-state index in [9.17, 15) is 14.3 Å². The summed E-state index contributed by atoms with van der Waals surface area (Å²) < 4.78 is 13.6. The lowest BCUT2D eigenvalue weighted by atomic mass is 9.75. The Morgan fingerprint density at radius 1 is 1.22 bits per heavy atom. The summed E-state index contributed by atoms with van der Waals surface area (Å²) in [5.74, 6) is 0.216. The molecule has 1 N–H and O–H groups in total. The van der Waals surface area contributed by atoms with Crippen molar-refractivity contribution in [3.63, 3.8) is 0 Å². The third-order valence-electron chi connectivity index (χ3n) is 6.77. The zero-order valence-electron chi connectivity index (χ0n) is 15.7. The van der Waals surface area contributed by atoms with Crippen molar-refractivity contribution in [2.75, 3.05) is 26.2 Å². The number of piperidine rings is 2. The van der Waals surface area contributed by atoms with Crippen LogP contribution >= 0.6 is 11.6 Å². The van der Waals surface area contributed by atoms with Gasteiger partial charge >= 0.3 is 0 Å². The standard InChI is InChI=1S/C21H28ClFN2O2/c22-19-6-5-18(23)11-16(19)12-24-9-7-21(27)8-10-25(14-17(21)13-24)20(26)15-3-1-2-4-15/h5-6,11,15,17,27H,1-4,7-10,12-14H2/t17-,21-/m0/s1. The van der Waals surface area contributed by atoms with Gasteiger partial charge in [-0.1, -0.05) is 24.4 Å². The second kappa shape index (κ2) is 7.69. The van der Waals surface area contributed by atoms with Gasteiger partial charge in [-0.05, 0) is 49.4 Å². The summed E-state index contributed by atoms with van der Waals surface area (Å²) in [6.07, 6.45) is 5.67.